The molecule has 29 heavy (non-hydrogen) atoms. The molecule has 4 aliphatic rings. The first kappa shape index (κ1) is 21.6. The van der Waals surface area contributed by atoms with Crippen molar-refractivity contribution in [1.82, 2.24) is 0 Å². The molecule has 0 heterocycles. The molecule has 0 aromatic carbocycles. The third-order valence-corrected chi connectivity index (χ3v) is 10.2. The van der Waals surface area contributed by atoms with E-state index in [2.05, 4.69) is 20.8 Å². The van der Waals surface area contributed by atoms with Crippen molar-refractivity contribution in [3.05, 3.63) is 0 Å². The second kappa shape index (κ2) is 7.49. The normalized spacial score (nSPS) is 52.9. The lowest BCUT2D eigenvalue weighted by Gasteiger charge is -2.62. The number of aliphatic hydroxyl groups excluding tert-OH is 3. The van der Waals surface area contributed by atoms with E-state index in [0.717, 1.165) is 44.9 Å². The van der Waals surface area contributed by atoms with E-state index >= 15 is 0 Å². The summed E-state index contributed by atoms with van der Waals surface area (Å²) >= 11 is 0. The monoisotopic (exact) mass is 408 g/mol. The van der Waals surface area contributed by atoms with Gasteiger partial charge in [-0.1, -0.05) is 20.8 Å². The van der Waals surface area contributed by atoms with Gasteiger partial charge in [-0.3, -0.25) is 4.79 Å². The second-order valence-corrected chi connectivity index (χ2v) is 11.5. The van der Waals surface area contributed by atoms with Crippen LogP contribution in [-0.2, 0) is 4.79 Å². The van der Waals surface area contributed by atoms with Crippen LogP contribution < -0.4 is 0 Å². The van der Waals surface area contributed by atoms with Crippen molar-refractivity contribution in [2.75, 3.05) is 0 Å². The van der Waals surface area contributed by atoms with E-state index < -0.39 is 12.1 Å². The van der Waals surface area contributed by atoms with Crippen molar-refractivity contribution in [3.8, 4) is 0 Å². The topological polar surface area (TPSA) is 98.0 Å². The minimum atomic E-state index is -0.768. The zero-order valence-corrected chi connectivity index (χ0v) is 18.3. The largest absolute Gasteiger partial charge is 0.481 e. The van der Waals surface area contributed by atoms with Gasteiger partial charge in [0.05, 0.1) is 18.3 Å². The third kappa shape index (κ3) is 3.36. The maximum atomic E-state index is 11.3. The van der Waals surface area contributed by atoms with Gasteiger partial charge < -0.3 is 20.4 Å². The van der Waals surface area contributed by atoms with Crippen LogP contribution in [0.3, 0.4) is 0 Å². The Hall–Kier alpha value is -0.650. The Morgan fingerprint density at radius 2 is 1.66 bits per heavy atom. The predicted molar refractivity (Wildman–Crippen MR) is 110 cm³/mol. The van der Waals surface area contributed by atoms with E-state index in [4.69, 9.17) is 5.11 Å². The van der Waals surface area contributed by atoms with Crippen LogP contribution in [0.1, 0.15) is 78.6 Å². The minimum absolute atomic E-state index is 0.0309. The van der Waals surface area contributed by atoms with E-state index in [0.29, 0.717) is 24.2 Å². The molecule has 0 amide bonds. The Labute approximate surface area is 174 Å². The first-order valence-electron chi connectivity index (χ1n) is 11.8. The van der Waals surface area contributed by atoms with Crippen molar-refractivity contribution in [2.45, 2.75) is 96.9 Å². The molecular formula is C24H40O5. The molecule has 4 saturated carbocycles. The highest BCUT2D eigenvalue weighted by atomic mass is 16.4. The highest BCUT2D eigenvalue weighted by molar-refractivity contribution is 5.66. The summed E-state index contributed by atoms with van der Waals surface area (Å²) in [6, 6.07) is 0. The summed E-state index contributed by atoms with van der Waals surface area (Å²) < 4.78 is 0. The summed E-state index contributed by atoms with van der Waals surface area (Å²) in [6.07, 6.45) is 6.14. The number of rotatable bonds is 4. The fraction of sp³-hybridized carbons (Fsp3) is 0.958. The van der Waals surface area contributed by atoms with Crippen LogP contribution in [0.4, 0.5) is 0 Å². The summed E-state index contributed by atoms with van der Waals surface area (Å²) in [4.78, 5) is 11.1. The molecule has 5 heteroatoms. The summed E-state index contributed by atoms with van der Waals surface area (Å²) in [7, 11) is 0. The van der Waals surface area contributed by atoms with E-state index in [9.17, 15) is 20.1 Å². The molecule has 0 aromatic rings. The molecule has 0 radical (unpaired) electrons. The van der Waals surface area contributed by atoms with Crippen molar-refractivity contribution in [3.63, 3.8) is 0 Å². The van der Waals surface area contributed by atoms with Crippen molar-refractivity contribution >= 4 is 5.97 Å². The van der Waals surface area contributed by atoms with Crippen molar-refractivity contribution in [1.29, 1.82) is 0 Å². The summed E-state index contributed by atoms with van der Waals surface area (Å²) in [5.41, 5.74) is 0.152. The Kier molecular flexibility index (Phi) is 5.57. The first-order chi connectivity index (χ1) is 13.6. The summed E-state index contributed by atoms with van der Waals surface area (Å²) in [5, 5.41) is 41.6. The molecule has 0 aliphatic heterocycles. The van der Waals surface area contributed by atoms with Crippen LogP contribution in [-0.4, -0.2) is 44.7 Å². The van der Waals surface area contributed by atoms with Gasteiger partial charge in [0, 0.05) is 6.42 Å². The summed E-state index contributed by atoms with van der Waals surface area (Å²) in [6.45, 7) is 6.81. The van der Waals surface area contributed by atoms with E-state index in [1.807, 2.05) is 0 Å². The Morgan fingerprint density at radius 1 is 0.966 bits per heavy atom. The molecule has 4 N–H and O–H groups in total. The number of aliphatic carboxylic acids is 1. The molecular weight excluding hydrogens is 368 g/mol. The fourth-order valence-electron chi connectivity index (χ4n) is 8.82. The van der Waals surface area contributed by atoms with Crippen molar-refractivity contribution < 1.29 is 25.2 Å². The molecule has 166 valence electrons. The van der Waals surface area contributed by atoms with Gasteiger partial charge in [-0.05, 0) is 97.7 Å². The van der Waals surface area contributed by atoms with Gasteiger partial charge in [0.1, 0.15) is 0 Å². The molecule has 5 nitrogen and oxygen atoms in total. The fourth-order valence-corrected chi connectivity index (χ4v) is 8.82. The molecule has 4 fully saturated rings. The molecule has 4 aliphatic carbocycles. The van der Waals surface area contributed by atoms with Crippen LogP contribution in [0.5, 0.6) is 0 Å². The number of carbonyl (C=O) groups is 1. The number of hydrogen-bond donors (Lipinski definition) is 4. The SMILES string of the molecule is CC(CCC(=O)O)C1[C@H](O)C[C@H]2[C@@H]3[C@H](O)C[C@@H]4C[C@H](O)CC[C@]4(C)[C@H]3CC[C@]12C. The third-order valence-electron chi connectivity index (χ3n) is 10.2. The quantitative estimate of drug-likeness (QED) is 0.571. The number of hydrogen-bond acceptors (Lipinski definition) is 4. The molecule has 0 saturated heterocycles. The van der Waals surface area contributed by atoms with Gasteiger partial charge in [-0.15, -0.1) is 0 Å². The van der Waals surface area contributed by atoms with Gasteiger partial charge in [0.2, 0.25) is 0 Å². The summed E-state index contributed by atoms with van der Waals surface area (Å²) in [5.74, 6) is 0.881. The molecule has 2 unspecified atom stereocenters. The van der Waals surface area contributed by atoms with Crippen LogP contribution in [0, 0.1) is 46.3 Å². The van der Waals surface area contributed by atoms with Gasteiger partial charge in [0.25, 0.3) is 0 Å². The van der Waals surface area contributed by atoms with Crippen LogP contribution >= 0.6 is 0 Å². The lowest BCUT2D eigenvalue weighted by molar-refractivity contribution is -0.174. The van der Waals surface area contributed by atoms with Crippen LogP contribution in [0.15, 0.2) is 0 Å². The average Bonchev–Trinajstić information content (AvgIpc) is 2.91. The average molecular weight is 409 g/mol. The highest BCUT2D eigenvalue weighted by Gasteiger charge is 2.64. The Morgan fingerprint density at radius 3 is 2.34 bits per heavy atom. The molecule has 4 rings (SSSR count). The van der Waals surface area contributed by atoms with E-state index in [1.165, 1.54) is 0 Å². The number of carboxylic acids is 1. The lowest BCUT2D eigenvalue weighted by Crippen LogP contribution is -2.58. The van der Waals surface area contributed by atoms with Gasteiger partial charge in [-0.25, -0.2) is 0 Å². The number of carboxylic acid groups (broad SMARTS) is 1. The first-order valence-corrected chi connectivity index (χ1v) is 11.8. The zero-order valence-electron chi connectivity index (χ0n) is 18.3. The predicted octanol–water partition coefficient (Wildman–Crippen LogP) is 3.45. The molecule has 0 spiro atoms. The Balaban J connectivity index is 1.59. The molecule has 0 aromatic heterocycles. The number of fused-ring (bicyclic) bond motifs is 5. The minimum Gasteiger partial charge on any atom is -0.481 e. The van der Waals surface area contributed by atoms with Crippen LogP contribution in [0.2, 0.25) is 0 Å². The Bertz CT molecular complexity index is 637. The number of aliphatic hydroxyl groups is 3. The van der Waals surface area contributed by atoms with Gasteiger partial charge >= 0.3 is 5.97 Å². The smallest absolute Gasteiger partial charge is 0.303 e. The maximum Gasteiger partial charge on any atom is 0.303 e. The highest BCUT2D eigenvalue weighted by Crippen LogP contribution is 2.68. The lowest BCUT2D eigenvalue weighted by atomic mass is 9.43. The molecule has 0 bridgehead atoms. The standard InChI is InChI=1S/C24H40O5/c1-13(4-5-20(28)29)22-19(27)12-17-21-16(7-9-24(17,22)3)23(2)8-6-15(25)10-14(23)11-18(21)26/h13-19,21-22,25-27H,4-12H2,1-3H3,(H,28,29)/t13?,14-,15+,16-,17-,18+,19+,21+,22?,23-,24-/m0/s1. The van der Waals surface area contributed by atoms with Gasteiger partial charge in [-0.2, -0.15) is 0 Å². The zero-order chi connectivity index (χ0) is 21.1. The molecule has 11 atom stereocenters. The van der Waals surface area contributed by atoms with Crippen molar-refractivity contribution in [2.24, 2.45) is 46.3 Å². The van der Waals surface area contributed by atoms with E-state index in [-0.39, 0.29) is 47.2 Å². The van der Waals surface area contributed by atoms with E-state index in [1.54, 1.807) is 0 Å². The van der Waals surface area contributed by atoms with Gasteiger partial charge in [0.15, 0.2) is 0 Å². The second-order valence-electron chi connectivity index (χ2n) is 11.5. The van der Waals surface area contributed by atoms with Crippen LogP contribution in [0.25, 0.3) is 0 Å². The maximum absolute atomic E-state index is 11.3.